The molecule has 1 saturated heterocycles. The Labute approximate surface area is 144 Å². The molecule has 1 atom stereocenters. The van der Waals surface area contributed by atoms with Gasteiger partial charge in [0.05, 0.1) is 5.56 Å². The van der Waals surface area contributed by atoms with Crippen LogP contribution < -0.4 is 9.80 Å². The molecule has 0 N–H and O–H groups in total. The highest BCUT2D eigenvalue weighted by atomic mass is 19.4. The summed E-state index contributed by atoms with van der Waals surface area (Å²) in [5.41, 5.74) is 0.274. The number of hydrogen-bond acceptors (Lipinski definition) is 5. The van der Waals surface area contributed by atoms with Gasteiger partial charge in [0.25, 0.3) is 0 Å². The van der Waals surface area contributed by atoms with Gasteiger partial charge in [0, 0.05) is 44.8 Å². The number of rotatable bonds is 3. The van der Waals surface area contributed by atoms with Crippen molar-refractivity contribution in [1.82, 2.24) is 15.0 Å². The topological polar surface area (TPSA) is 45.2 Å². The molecule has 1 fully saturated rings. The van der Waals surface area contributed by atoms with Gasteiger partial charge in [-0.15, -0.1) is 0 Å². The molecule has 0 saturated carbocycles. The maximum atomic E-state index is 13.3. The molecule has 0 spiro atoms. The highest BCUT2D eigenvalue weighted by Gasteiger charge is 2.37. The second-order valence-corrected chi connectivity index (χ2v) is 6.29. The van der Waals surface area contributed by atoms with Crippen LogP contribution in [0.3, 0.4) is 0 Å². The van der Waals surface area contributed by atoms with Gasteiger partial charge in [0.2, 0.25) is 5.95 Å². The smallest absolute Gasteiger partial charge is 0.354 e. The van der Waals surface area contributed by atoms with Crippen LogP contribution in [0.4, 0.5) is 24.9 Å². The minimum atomic E-state index is -4.41. The van der Waals surface area contributed by atoms with E-state index < -0.39 is 11.7 Å². The number of piperidine rings is 1. The normalized spacial score (nSPS) is 18.3. The van der Waals surface area contributed by atoms with E-state index >= 15 is 0 Å². The van der Waals surface area contributed by atoms with E-state index in [0.29, 0.717) is 19.0 Å². The Morgan fingerprint density at radius 3 is 2.60 bits per heavy atom. The molecule has 0 radical (unpaired) electrons. The molecule has 134 valence electrons. The van der Waals surface area contributed by atoms with Crippen molar-refractivity contribution in [3.8, 4) is 0 Å². The number of hydrogen-bond donors (Lipinski definition) is 0. The van der Waals surface area contributed by atoms with Gasteiger partial charge in [0.1, 0.15) is 5.82 Å². The summed E-state index contributed by atoms with van der Waals surface area (Å²) >= 11 is 0. The fourth-order valence-electron chi connectivity index (χ4n) is 3.06. The lowest BCUT2D eigenvalue weighted by Gasteiger charge is -2.38. The number of aromatic nitrogens is 3. The number of anilines is 2. The van der Waals surface area contributed by atoms with E-state index in [1.807, 2.05) is 18.9 Å². The van der Waals surface area contributed by atoms with Crippen molar-refractivity contribution in [2.24, 2.45) is 0 Å². The predicted octanol–water partition coefficient (Wildman–Crippen LogP) is 3.30. The Hall–Kier alpha value is -2.38. The minimum absolute atomic E-state index is 0.00192. The highest BCUT2D eigenvalue weighted by molar-refractivity contribution is 5.49. The fraction of sp³-hybridized carbons (Fsp3) is 0.471. The number of likely N-dealkylation sites (N-methyl/N-ethyl adjacent to an activating group) is 1. The van der Waals surface area contributed by atoms with Gasteiger partial charge in [-0.2, -0.15) is 13.2 Å². The van der Waals surface area contributed by atoms with Crippen LogP contribution in [-0.4, -0.2) is 41.1 Å². The summed E-state index contributed by atoms with van der Waals surface area (Å²) in [7, 11) is 1.88. The summed E-state index contributed by atoms with van der Waals surface area (Å²) in [5, 5.41) is 0. The molecule has 8 heteroatoms. The summed E-state index contributed by atoms with van der Waals surface area (Å²) in [5.74, 6) is 0.576. The number of halogens is 3. The number of alkyl halides is 3. The van der Waals surface area contributed by atoms with Crippen molar-refractivity contribution in [2.75, 3.05) is 29.9 Å². The van der Waals surface area contributed by atoms with Crippen LogP contribution in [0.5, 0.6) is 0 Å². The molecule has 3 rings (SSSR count). The van der Waals surface area contributed by atoms with Gasteiger partial charge in [-0.1, -0.05) is 0 Å². The molecular formula is C17H20F3N5. The Kier molecular flexibility index (Phi) is 4.78. The third-order valence-electron chi connectivity index (χ3n) is 4.42. The maximum absolute atomic E-state index is 13.3. The van der Waals surface area contributed by atoms with Crippen LogP contribution in [0.25, 0.3) is 0 Å². The lowest BCUT2D eigenvalue weighted by atomic mass is 10.0. The van der Waals surface area contributed by atoms with Crippen molar-refractivity contribution in [1.29, 1.82) is 0 Å². The molecule has 5 nitrogen and oxygen atoms in total. The van der Waals surface area contributed by atoms with Crippen molar-refractivity contribution < 1.29 is 13.2 Å². The molecule has 1 unspecified atom stereocenters. The van der Waals surface area contributed by atoms with Crippen LogP contribution >= 0.6 is 0 Å². The monoisotopic (exact) mass is 351 g/mol. The van der Waals surface area contributed by atoms with E-state index in [-0.39, 0.29) is 11.9 Å². The summed E-state index contributed by atoms with van der Waals surface area (Å²) in [6, 6.07) is 2.43. The largest absolute Gasteiger partial charge is 0.419 e. The van der Waals surface area contributed by atoms with Gasteiger partial charge in [-0.25, -0.2) is 15.0 Å². The van der Waals surface area contributed by atoms with Crippen molar-refractivity contribution in [3.05, 3.63) is 41.9 Å². The first-order valence-electron chi connectivity index (χ1n) is 8.15. The Morgan fingerprint density at radius 2 is 1.92 bits per heavy atom. The third kappa shape index (κ3) is 3.83. The van der Waals surface area contributed by atoms with E-state index in [4.69, 9.17) is 0 Å². The zero-order valence-corrected chi connectivity index (χ0v) is 14.2. The standard InChI is InChI=1S/C17H20F3N5/c1-12-9-22-16(23-10-12)24(2)13-5-4-8-25(11-13)15-14(17(18,19)20)6-3-7-21-15/h3,6-7,9-10,13H,4-5,8,11H2,1-2H3. The Bertz CT molecular complexity index is 717. The fourth-order valence-corrected chi connectivity index (χ4v) is 3.06. The van der Waals surface area contributed by atoms with Crippen LogP contribution in [0.2, 0.25) is 0 Å². The van der Waals surface area contributed by atoms with Gasteiger partial charge >= 0.3 is 6.18 Å². The average Bonchev–Trinajstić information content (AvgIpc) is 2.61. The van der Waals surface area contributed by atoms with Gasteiger partial charge in [-0.05, 0) is 37.5 Å². The number of pyridine rings is 1. The van der Waals surface area contributed by atoms with Crippen molar-refractivity contribution in [3.63, 3.8) is 0 Å². The first-order valence-corrected chi connectivity index (χ1v) is 8.15. The van der Waals surface area contributed by atoms with E-state index in [0.717, 1.165) is 24.5 Å². The zero-order valence-electron chi connectivity index (χ0n) is 14.2. The van der Waals surface area contributed by atoms with Gasteiger partial charge < -0.3 is 9.80 Å². The van der Waals surface area contributed by atoms with Crippen LogP contribution in [-0.2, 0) is 6.18 Å². The average molecular weight is 351 g/mol. The van der Waals surface area contributed by atoms with Gasteiger partial charge in [0.15, 0.2) is 0 Å². The number of nitrogens with zero attached hydrogens (tertiary/aromatic N) is 5. The molecule has 3 heterocycles. The van der Waals surface area contributed by atoms with Crippen LogP contribution in [0.15, 0.2) is 30.7 Å². The molecule has 2 aromatic heterocycles. The van der Waals surface area contributed by atoms with Crippen molar-refractivity contribution >= 4 is 11.8 Å². The van der Waals surface area contributed by atoms with Gasteiger partial charge in [-0.3, -0.25) is 0 Å². The lowest BCUT2D eigenvalue weighted by molar-refractivity contribution is -0.137. The second kappa shape index (κ2) is 6.85. The van der Waals surface area contributed by atoms with E-state index in [9.17, 15) is 13.2 Å². The Morgan fingerprint density at radius 1 is 1.20 bits per heavy atom. The summed E-state index contributed by atoms with van der Waals surface area (Å²) in [4.78, 5) is 16.3. The molecule has 2 aromatic rings. The first kappa shape index (κ1) is 17.4. The summed E-state index contributed by atoms with van der Waals surface area (Å²) < 4.78 is 39.8. The quantitative estimate of drug-likeness (QED) is 0.849. The molecule has 0 aliphatic carbocycles. The SMILES string of the molecule is Cc1cnc(N(C)C2CCCN(c3ncccc3C(F)(F)F)C2)nc1. The Balaban J connectivity index is 1.81. The first-order chi connectivity index (χ1) is 11.9. The number of aryl methyl sites for hydroxylation is 1. The second-order valence-electron chi connectivity index (χ2n) is 6.29. The summed E-state index contributed by atoms with van der Waals surface area (Å²) in [6.07, 6.45) is 2.12. The zero-order chi connectivity index (χ0) is 18.0. The lowest BCUT2D eigenvalue weighted by Crippen LogP contribution is -2.48. The molecule has 0 bridgehead atoms. The van der Waals surface area contributed by atoms with E-state index in [1.54, 1.807) is 17.3 Å². The molecule has 1 aliphatic heterocycles. The summed E-state index contributed by atoms with van der Waals surface area (Å²) in [6.45, 7) is 2.92. The molecule has 0 amide bonds. The molecular weight excluding hydrogens is 331 g/mol. The van der Waals surface area contributed by atoms with Crippen molar-refractivity contribution in [2.45, 2.75) is 32.0 Å². The van der Waals surface area contributed by atoms with E-state index in [2.05, 4.69) is 15.0 Å². The minimum Gasteiger partial charge on any atom is -0.354 e. The van der Waals surface area contributed by atoms with E-state index in [1.165, 1.54) is 12.3 Å². The third-order valence-corrected chi connectivity index (χ3v) is 4.42. The van der Waals surface area contributed by atoms with Crippen LogP contribution in [0.1, 0.15) is 24.0 Å². The predicted molar refractivity (Wildman–Crippen MR) is 89.6 cm³/mol. The molecule has 25 heavy (non-hydrogen) atoms. The highest BCUT2D eigenvalue weighted by Crippen LogP contribution is 2.36. The maximum Gasteiger partial charge on any atom is 0.419 e. The van der Waals surface area contributed by atoms with Crippen LogP contribution in [0, 0.1) is 6.92 Å². The molecule has 1 aliphatic rings. The molecule has 0 aromatic carbocycles.